The van der Waals surface area contributed by atoms with Crippen LogP contribution in [0.2, 0.25) is 0 Å². The van der Waals surface area contributed by atoms with E-state index in [1.807, 2.05) is 7.05 Å². The number of likely N-dealkylation sites (N-methyl/N-ethyl adjacent to an activating group) is 1. The largest absolute Gasteiger partial charge is 0.345 e. The molecule has 0 saturated carbocycles. The number of nitrogens with zero attached hydrogens (tertiary/aromatic N) is 2. The number of nitrogens with one attached hydrogen (secondary N) is 1. The van der Waals surface area contributed by atoms with Gasteiger partial charge in [0.1, 0.15) is 0 Å². The van der Waals surface area contributed by atoms with Crippen LogP contribution in [0.4, 0.5) is 0 Å². The Bertz CT molecular complexity index is 1080. The molecule has 7 heteroatoms. The van der Waals surface area contributed by atoms with Crippen LogP contribution in [0.25, 0.3) is 0 Å². The SMILES string of the molecule is CCC(NC(=O)c1cccc(S(=O)(=O)N2CCN(C)CC2)c1)c1ccc2c(c1)CCCC2. The van der Waals surface area contributed by atoms with Gasteiger partial charge >= 0.3 is 0 Å². The number of rotatable bonds is 6. The maximum Gasteiger partial charge on any atom is 0.251 e. The summed E-state index contributed by atoms with van der Waals surface area (Å²) in [6.45, 7) is 4.40. The highest BCUT2D eigenvalue weighted by atomic mass is 32.2. The van der Waals surface area contributed by atoms with Crippen molar-refractivity contribution in [3.05, 3.63) is 64.7 Å². The zero-order chi connectivity index (χ0) is 22.7. The van der Waals surface area contributed by atoms with Crippen LogP contribution in [0.3, 0.4) is 0 Å². The maximum absolute atomic E-state index is 13.1. The fourth-order valence-corrected chi connectivity index (χ4v) is 6.08. The molecular weight excluding hydrogens is 422 g/mol. The minimum atomic E-state index is -3.61. The van der Waals surface area contributed by atoms with E-state index in [4.69, 9.17) is 0 Å². The van der Waals surface area contributed by atoms with E-state index in [1.165, 1.54) is 34.3 Å². The predicted molar refractivity (Wildman–Crippen MR) is 126 cm³/mol. The number of carbonyl (C=O) groups excluding carboxylic acids is 1. The molecule has 1 fully saturated rings. The molecule has 0 aromatic heterocycles. The lowest BCUT2D eigenvalue weighted by Gasteiger charge is -2.31. The molecule has 1 unspecified atom stereocenters. The minimum absolute atomic E-state index is 0.104. The van der Waals surface area contributed by atoms with Gasteiger partial charge in [-0.25, -0.2) is 8.42 Å². The smallest absolute Gasteiger partial charge is 0.251 e. The van der Waals surface area contributed by atoms with Crippen molar-refractivity contribution in [1.82, 2.24) is 14.5 Å². The predicted octanol–water partition coefficient (Wildman–Crippen LogP) is 3.38. The van der Waals surface area contributed by atoms with Gasteiger partial charge in [0.05, 0.1) is 10.9 Å². The first-order valence-electron chi connectivity index (χ1n) is 11.6. The second-order valence-corrected chi connectivity index (χ2v) is 10.8. The number of aryl methyl sites for hydroxylation is 2. The van der Waals surface area contributed by atoms with Gasteiger partial charge < -0.3 is 10.2 Å². The Morgan fingerprint density at radius 3 is 2.44 bits per heavy atom. The molecule has 32 heavy (non-hydrogen) atoms. The van der Waals surface area contributed by atoms with Gasteiger partial charge in [-0.2, -0.15) is 4.31 Å². The molecule has 1 atom stereocenters. The zero-order valence-corrected chi connectivity index (χ0v) is 19.8. The van der Waals surface area contributed by atoms with E-state index in [2.05, 4.69) is 35.3 Å². The third-order valence-electron chi connectivity index (χ3n) is 6.68. The summed E-state index contributed by atoms with van der Waals surface area (Å²) in [5.74, 6) is -0.245. The van der Waals surface area contributed by atoms with Crippen LogP contribution < -0.4 is 5.32 Å². The fourth-order valence-electron chi connectivity index (χ4n) is 4.61. The standard InChI is InChI=1S/C25H33N3O3S/c1-3-24(21-12-11-19-7-4-5-8-20(19)17-21)26-25(29)22-9-6-10-23(18-22)32(30,31)28-15-13-27(2)14-16-28/h6,9-12,17-18,24H,3-5,7-8,13-16H2,1-2H3,(H,26,29). The number of hydrogen-bond acceptors (Lipinski definition) is 4. The average molecular weight is 456 g/mol. The average Bonchev–Trinajstić information content (AvgIpc) is 2.82. The highest BCUT2D eigenvalue weighted by Crippen LogP contribution is 2.26. The molecule has 0 spiro atoms. The van der Waals surface area contributed by atoms with E-state index in [1.54, 1.807) is 18.2 Å². The number of benzene rings is 2. The monoisotopic (exact) mass is 455 g/mol. The first-order chi connectivity index (χ1) is 15.4. The lowest BCUT2D eigenvalue weighted by atomic mass is 9.88. The second kappa shape index (κ2) is 9.73. The Morgan fingerprint density at radius 2 is 1.72 bits per heavy atom. The highest BCUT2D eigenvalue weighted by molar-refractivity contribution is 7.89. The molecule has 1 saturated heterocycles. The quantitative estimate of drug-likeness (QED) is 0.725. The van der Waals surface area contributed by atoms with Crippen LogP contribution in [-0.2, 0) is 22.9 Å². The molecule has 172 valence electrons. The Balaban J connectivity index is 1.51. The third kappa shape index (κ3) is 4.90. The summed E-state index contributed by atoms with van der Waals surface area (Å²) < 4.78 is 27.7. The van der Waals surface area contributed by atoms with Crippen LogP contribution >= 0.6 is 0 Å². The third-order valence-corrected chi connectivity index (χ3v) is 8.58. The Morgan fingerprint density at radius 1 is 1.00 bits per heavy atom. The van der Waals surface area contributed by atoms with Crippen LogP contribution in [-0.4, -0.2) is 56.8 Å². The van der Waals surface area contributed by atoms with Crippen molar-refractivity contribution in [2.24, 2.45) is 0 Å². The lowest BCUT2D eigenvalue weighted by molar-refractivity contribution is 0.0935. The van der Waals surface area contributed by atoms with E-state index in [0.29, 0.717) is 31.7 Å². The summed E-state index contributed by atoms with van der Waals surface area (Å²) in [5, 5.41) is 3.12. The van der Waals surface area contributed by atoms with E-state index in [-0.39, 0.29) is 16.8 Å². The molecule has 6 nitrogen and oxygen atoms in total. The van der Waals surface area contributed by atoms with Crippen LogP contribution in [0.1, 0.15) is 59.3 Å². The molecule has 1 aliphatic carbocycles. The van der Waals surface area contributed by atoms with Gasteiger partial charge in [-0.15, -0.1) is 0 Å². The van der Waals surface area contributed by atoms with Crippen LogP contribution in [0.15, 0.2) is 47.4 Å². The topological polar surface area (TPSA) is 69.7 Å². The summed E-state index contributed by atoms with van der Waals surface area (Å²) in [5.41, 5.74) is 4.30. The number of sulfonamides is 1. The van der Waals surface area contributed by atoms with Crippen LogP contribution in [0, 0.1) is 0 Å². The van der Waals surface area contributed by atoms with E-state index >= 15 is 0 Å². The summed E-state index contributed by atoms with van der Waals surface area (Å²) in [7, 11) is -1.62. The minimum Gasteiger partial charge on any atom is -0.345 e. The Labute approximate surface area is 191 Å². The van der Waals surface area contributed by atoms with Crippen molar-refractivity contribution < 1.29 is 13.2 Å². The molecule has 2 aliphatic rings. The Kier molecular flexibility index (Phi) is 6.98. The second-order valence-electron chi connectivity index (χ2n) is 8.90. The summed E-state index contributed by atoms with van der Waals surface area (Å²) in [6.07, 6.45) is 5.46. The number of amides is 1. The lowest BCUT2D eigenvalue weighted by Crippen LogP contribution is -2.47. The number of piperazine rings is 1. The molecule has 2 aromatic rings. The molecule has 4 rings (SSSR count). The maximum atomic E-state index is 13.1. The highest BCUT2D eigenvalue weighted by Gasteiger charge is 2.28. The molecule has 1 aliphatic heterocycles. The van der Waals surface area contributed by atoms with Gasteiger partial charge in [0.15, 0.2) is 0 Å². The van der Waals surface area contributed by atoms with Crippen LogP contribution in [0.5, 0.6) is 0 Å². The van der Waals surface area contributed by atoms with Crippen molar-refractivity contribution in [3.8, 4) is 0 Å². The summed E-state index contributed by atoms with van der Waals surface area (Å²) >= 11 is 0. The van der Waals surface area contributed by atoms with E-state index < -0.39 is 10.0 Å². The van der Waals surface area contributed by atoms with Crippen molar-refractivity contribution in [1.29, 1.82) is 0 Å². The van der Waals surface area contributed by atoms with Gasteiger partial charge in [-0.3, -0.25) is 4.79 Å². The molecular formula is C25H33N3O3S. The number of hydrogen-bond donors (Lipinski definition) is 1. The molecule has 2 aromatic carbocycles. The van der Waals surface area contributed by atoms with Gasteiger partial charge in [0.25, 0.3) is 5.91 Å². The molecule has 1 amide bonds. The van der Waals surface area contributed by atoms with E-state index in [9.17, 15) is 13.2 Å². The van der Waals surface area contributed by atoms with Crippen molar-refractivity contribution >= 4 is 15.9 Å². The van der Waals surface area contributed by atoms with Crippen molar-refractivity contribution in [2.45, 2.75) is 50.0 Å². The van der Waals surface area contributed by atoms with Crippen molar-refractivity contribution in [3.63, 3.8) is 0 Å². The molecule has 1 heterocycles. The first kappa shape index (κ1) is 23.0. The zero-order valence-electron chi connectivity index (χ0n) is 19.0. The number of carbonyl (C=O) groups is 1. The first-order valence-corrected chi connectivity index (χ1v) is 13.0. The van der Waals surface area contributed by atoms with Gasteiger partial charge in [-0.1, -0.05) is 31.2 Å². The normalized spacial score (nSPS) is 18.7. The number of fused-ring (bicyclic) bond motifs is 1. The Hall–Kier alpha value is -2.22. The molecule has 1 N–H and O–H groups in total. The van der Waals surface area contributed by atoms with Gasteiger partial charge in [0.2, 0.25) is 10.0 Å². The molecule has 0 radical (unpaired) electrons. The van der Waals surface area contributed by atoms with Gasteiger partial charge in [0, 0.05) is 31.7 Å². The van der Waals surface area contributed by atoms with Gasteiger partial charge in [-0.05, 0) is 74.0 Å². The fraction of sp³-hybridized carbons (Fsp3) is 0.480. The summed E-state index contributed by atoms with van der Waals surface area (Å²) in [4.78, 5) is 15.3. The molecule has 0 bridgehead atoms. The summed E-state index contributed by atoms with van der Waals surface area (Å²) in [6, 6.07) is 12.8. The van der Waals surface area contributed by atoms with E-state index in [0.717, 1.165) is 24.8 Å². The van der Waals surface area contributed by atoms with Crippen molar-refractivity contribution in [2.75, 3.05) is 33.2 Å².